The topological polar surface area (TPSA) is 34.0 Å². The number of likely N-dealkylation sites (tertiary alicyclic amines) is 1. The number of piperidine rings is 1. The van der Waals surface area contributed by atoms with Gasteiger partial charge in [0.25, 0.3) is 0 Å². The number of hydrogen-bond donors (Lipinski definition) is 0. The van der Waals surface area contributed by atoms with Crippen molar-refractivity contribution in [1.82, 2.24) is 19.4 Å². The van der Waals surface area contributed by atoms with E-state index in [4.69, 9.17) is 4.98 Å². The first-order valence-corrected chi connectivity index (χ1v) is 8.44. The molecule has 0 saturated carbocycles. The van der Waals surface area contributed by atoms with Crippen LogP contribution in [-0.4, -0.2) is 32.5 Å². The molecule has 2 aromatic heterocycles. The predicted molar refractivity (Wildman–Crippen MR) is 92.2 cm³/mol. The van der Waals surface area contributed by atoms with Gasteiger partial charge in [-0.3, -0.25) is 9.88 Å². The molecule has 3 aromatic rings. The van der Waals surface area contributed by atoms with E-state index in [1.54, 1.807) is 12.1 Å². The van der Waals surface area contributed by atoms with E-state index < -0.39 is 0 Å². The minimum absolute atomic E-state index is 0.160. The van der Waals surface area contributed by atoms with Gasteiger partial charge in [-0.05, 0) is 55.6 Å². The number of pyridine rings is 1. The van der Waals surface area contributed by atoms with Gasteiger partial charge in [-0.25, -0.2) is 9.37 Å². The van der Waals surface area contributed by atoms with Gasteiger partial charge in [0.05, 0.1) is 18.3 Å². The molecule has 1 aliphatic heterocycles. The number of hydrogen-bond acceptors (Lipinski definition) is 3. The highest BCUT2D eigenvalue weighted by atomic mass is 19.1. The molecule has 0 unspecified atom stereocenters. The maximum atomic E-state index is 13.1. The molecule has 5 heteroatoms. The molecule has 0 radical (unpaired) electrons. The zero-order valence-corrected chi connectivity index (χ0v) is 13.8. The minimum atomic E-state index is -0.160. The van der Waals surface area contributed by atoms with E-state index in [2.05, 4.69) is 21.5 Å². The molecule has 0 amide bonds. The highest BCUT2D eigenvalue weighted by molar-refractivity contribution is 5.74. The van der Waals surface area contributed by atoms with Gasteiger partial charge >= 0.3 is 0 Å². The number of aromatic nitrogens is 3. The Morgan fingerprint density at radius 3 is 2.58 bits per heavy atom. The lowest BCUT2D eigenvalue weighted by Crippen LogP contribution is -2.33. The normalized spacial score (nSPS) is 16.8. The van der Waals surface area contributed by atoms with Gasteiger partial charge in [0.15, 0.2) is 0 Å². The zero-order chi connectivity index (χ0) is 16.5. The Balaban J connectivity index is 1.42. The smallest absolute Gasteiger partial charge is 0.123 e. The molecule has 1 aliphatic rings. The number of nitrogens with zero attached hydrogens (tertiary/aromatic N) is 4. The van der Waals surface area contributed by atoms with Crippen molar-refractivity contribution in [1.29, 1.82) is 0 Å². The molecule has 1 saturated heterocycles. The molecular weight excluding hydrogens is 303 g/mol. The molecule has 0 N–H and O–H groups in total. The van der Waals surface area contributed by atoms with Gasteiger partial charge in [-0.2, -0.15) is 0 Å². The van der Waals surface area contributed by atoms with Gasteiger partial charge in [0, 0.05) is 13.2 Å². The van der Waals surface area contributed by atoms with E-state index in [1.807, 2.05) is 30.6 Å². The second kappa shape index (κ2) is 6.32. The SMILES string of the molecule is Cn1c(CN2CCC(c3ccc(F)cc3)CC2)nc2cnccc21. The van der Waals surface area contributed by atoms with E-state index in [9.17, 15) is 4.39 Å². The maximum Gasteiger partial charge on any atom is 0.123 e. The van der Waals surface area contributed by atoms with Gasteiger partial charge in [-0.1, -0.05) is 12.1 Å². The fourth-order valence-electron chi connectivity index (χ4n) is 3.60. The summed E-state index contributed by atoms with van der Waals surface area (Å²) in [5.74, 6) is 1.46. The summed E-state index contributed by atoms with van der Waals surface area (Å²) >= 11 is 0. The van der Waals surface area contributed by atoms with Crippen molar-refractivity contribution in [2.24, 2.45) is 7.05 Å². The number of rotatable bonds is 3. The van der Waals surface area contributed by atoms with Crippen molar-refractivity contribution in [2.45, 2.75) is 25.3 Å². The standard InChI is InChI=1S/C19H21FN4/c1-23-18-6-9-21-12-17(18)22-19(23)13-24-10-7-15(8-11-24)14-2-4-16(20)5-3-14/h2-6,9,12,15H,7-8,10-11,13H2,1H3. The average molecular weight is 324 g/mol. The first kappa shape index (κ1) is 15.3. The van der Waals surface area contributed by atoms with E-state index in [0.29, 0.717) is 5.92 Å². The molecule has 3 heterocycles. The number of aryl methyl sites for hydroxylation is 1. The number of imidazole rings is 1. The Hall–Kier alpha value is -2.27. The van der Waals surface area contributed by atoms with Crippen LogP contribution in [0.1, 0.15) is 30.1 Å². The molecule has 4 rings (SSSR count). The number of halogens is 1. The summed E-state index contributed by atoms with van der Waals surface area (Å²) < 4.78 is 15.2. The van der Waals surface area contributed by atoms with E-state index in [1.165, 1.54) is 5.56 Å². The third-order valence-electron chi connectivity index (χ3n) is 5.07. The van der Waals surface area contributed by atoms with Crippen molar-refractivity contribution in [3.05, 3.63) is 59.9 Å². The van der Waals surface area contributed by atoms with Crippen LogP contribution in [0.25, 0.3) is 11.0 Å². The fourth-order valence-corrected chi connectivity index (χ4v) is 3.60. The first-order chi connectivity index (χ1) is 11.7. The van der Waals surface area contributed by atoms with Crippen LogP contribution in [0.3, 0.4) is 0 Å². The Labute approximate surface area is 141 Å². The van der Waals surface area contributed by atoms with Gasteiger partial charge in [-0.15, -0.1) is 0 Å². The summed E-state index contributed by atoms with van der Waals surface area (Å²) in [5, 5.41) is 0. The summed E-state index contributed by atoms with van der Waals surface area (Å²) in [4.78, 5) is 11.3. The van der Waals surface area contributed by atoms with E-state index >= 15 is 0 Å². The summed E-state index contributed by atoms with van der Waals surface area (Å²) in [6.45, 7) is 2.95. The average Bonchev–Trinajstić information content (AvgIpc) is 2.93. The number of benzene rings is 1. The highest BCUT2D eigenvalue weighted by Gasteiger charge is 2.22. The molecule has 0 bridgehead atoms. The van der Waals surface area contributed by atoms with Crippen molar-refractivity contribution in [2.75, 3.05) is 13.1 Å². The third kappa shape index (κ3) is 2.91. The molecule has 0 aliphatic carbocycles. The van der Waals surface area contributed by atoms with Crippen molar-refractivity contribution >= 4 is 11.0 Å². The summed E-state index contributed by atoms with van der Waals surface area (Å²) in [6.07, 6.45) is 5.84. The Morgan fingerprint density at radius 2 is 1.88 bits per heavy atom. The molecule has 124 valence electrons. The van der Waals surface area contributed by atoms with Crippen LogP contribution in [0, 0.1) is 5.82 Å². The second-order valence-corrected chi connectivity index (χ2v) is 6.55. The lowest BCUT2D eigenvalue weighted by Gasteiger charge is -2.31. The lowest BCUT2D eigenvalue weighted by molar-refractivity contribution is 0.199. The summed E-state index contributed by atoms with van der Waals surface area (Å²) in [5.41, 5.74) is 3.34. The summed E-state index contributed by atoms with van der Waals surface area (Å²) in [7, 11) is 2.07. The Morgan fingerprint density at radius 1 is 1.12 bits per heavy atom. The van der Waals surface area contributed by atoms with Crippen molar-refractivity contribution in [3.63, 3.8) is 0 Å². The molecule has 4 nitrogen and oxygen atoms in total. The zero-order valence-electron chi connectivity index (χ0n) is 13.8. The van der Waals surface area contributed by atoms with Gasteiger partial charge in [0.1, 0.15) is 17.2 Å². The van der Waals surface area contributed by atoms with Crippen LogP contribution in [0.4, 0.5) is 4.39 Å². The molecule has 24 heavy (non-hydrogen) atoms. The minimum Gasteiger partial charge on any atom is -0.330 e. The highest BCUT2D eigenvalue weighted by Crippen LogP contribution is 2.28. The fraction of sp³-hybridized carbons (Fsp3) is 0.368. The molecule has 1 aromatic carbocycles. The third-order valence-corrected chi connectivity index (χ3v) is 5.07. The second-order valence-electron chi connectivity index (χ2n) is 6.55. The van der Waals surface area contributed by atoms with Crippen LogP contribution in [0.15, 0.2) is 42.7 Å². The molecule has 1 fully saturated rings. The Kier molecular flexibility index (Phi) is 4.02. The first-order valence-electron chi connectivity index (χ1n) is 8.44. The largest absolute Gasteiger partial charge is 0.330 e. The van der Waals surface area contributed by atoms with Crippen LogP contribution >= 0.6 is 0 Å². The predicted octanol–water partition coefficient (Wildman–Crippen LogP) is 3.49. The van der Waals surface area contributed by atoms with Crippen LogP contribution in [0.2, 0.25) is 0 Å². The van der Waals surface area contributed by atoms with Crippen LogP contribution < -0.4 is 0 Å². The van der Waals surface area contributed by atoms with E-state index in [0.717, 1.165) is 49.3 Å². The van der Waals surface area contributed by atoms with Crippen molar-refractivity contribution < 1.29 is 4.39 Å². The van der Waals surface area contributed by atoms with Gasteiger partial charge in [0.2, 0.25) is 0 Å². The quantitative estimate of drug-likeness (QED) is 0.739. The van der Waals surface area contributed by atoms with Gasteiger partial charge < -0.3 is 4.57 Å². The number of fused-ring (bicyclic) bond motifs is 1. The molecular formula is C19H21FN4. The van der Waals surface area contributed by atoms with Crippen molar-refractivity contribution in [3.8, 4) is 0 Å². The summed E-state index contributed by atoms with van der Waals surface area (Å²) in [6, 6.07) is 8.99. The molecule has 0 atom stereocenters. The maximum absolute atomic E-state index is 13.1. The Bertz CT molecular complexity index is 832. The van der Waals surface area contributed by atoms with E-state index in [-0.39, 0.29) is 5.82 Å². The monoisotopic (exact) mass is 324 g/mol. The molecule has 0 spiro atoms. The lowest BCUT2D eigenvalue weighted by atomic mass is 9.89. The van der Waals surface area contributed by atoms with Crippen LogP contribution in [-0.2, 0) is 13.6 Å². The van der Waals surface area contributed by atoms with Crippen LogP contribution in [0.5, 0.6) is 0 Å².